The Morgan fingerprint density at radius 2 is 2.50 bits per heavy atom. The maximum absolute atomic E-state index is 12.1. The van der Waals surface area contributed by atoms with Crippen LogP contribution in [0.25, 0.3) is 0 Å². The van der Waals surface area contributed by atoms with E-state index in [9.17, 15) is 4.79 Å². The lowest BCUT2D eigenvalue weighted by Gasteiger charge is -2.20. The molecule has 0 aromatic carbocycles. The molecule has 2 heterocycles. The smallest absolute Gasteiger partial charge is 0.253 e. The molecule has 18 heavy (non-hydrogen) atoms. The Hall–Kier alpha value is -1.33. The van der Waals surface area contributed by atoms with Crippen molar-refractivity contribution >= 4 is 23.2 Å². The van der Waals surface area contributed by atoms with Gasteiger partial charge in [-0.25, -0.2) is 4.98 Å². The summed E-state index contributed by atoms with van der Waals surface area (Å²) in [4.78, 5) is 15.9. The Morgan fingerprint density at radius 1 is 1.72 bits per heavy atom. The number of carbonyl (C=O) groups is 1. The minimum atomic E-state index is -0.250. The Balaban J connectivity index is 2.04. The molecule has 1 amide bonds. The molecule has 1 saturated heterocycles. The van der Waals surface area contributed by atoms with Crippen LogP contribution in [0.2, 0.25) is 5.15 Å². The number of rotatable bonds is 3. The van der Waals surface area contributed by atoms with Crippen LogP contribution in [-0.2, 0) is 4.74 Å². The third-order valence-corrected chi connectivity index (χ3v) is 3.23. The van der Waals surface area contributed by atoms with Crippen molar-refractivity contribution in [3.05, 3.63) is 23.0 Å². The van der Waals surface area contributed by atoms with E-state index in [0.29, 0.717) is 11.3 Å². The van der Waals surface area contributed by atoms with Crippen LogP contribution in [0.3, 0.4) is 0 Å². The maximum atomic E-state index is 12.1. The molecule has 1 aromatic rings. The van der Waals surface area contributed by atoms with Crippen LogP contribution in [0.15, 0.2) is 12.3 Å². The summed E-state index contributed by atoms with van der Waals surface area (Å²) in [7, 11) is 0. The number of carbonyl (C=O) groups excluding carboxylic acids is 1. The van der Waals surface area contributed by atoms with Gasteiger partial charge in [0.2, 0.25) is 0 Å². The van der Waals surface area contributed by atoms with Crippen molar-refractivity contribution in [2.75, 3.05) is 12.3 Å². The first-order valence-electron chi connectivity index (χ1n) is 5.91. The van der Waals surface area contributed by atoms with E-state index < -0.39 is 0 Å². The van der Waals surface area contributed by atoms with Crippen LogP contribution in [0.5, 0.6) is 0 Å². The van der Waals surface area contributed by atoms with Crippen LogP contribution >= 0.6 is 11.6 Å². The van der Waals surface area contributed by atoms with Crippen molar-refractivity contribution < 1.29 is 9.53 Å². The van der Waals surface area contributed by atoms with Crippen molar-refractivity contribution in [1.82, 2.24) is 10.3 Å². The van der Waals surface area contributed by atoms with Gasteiger partial charge in [0, 0.05) is 6.61 Å². The molecule has 2 atom stereocenters. The van der Waals surface area contributed by atoms with Gasteiger partial charge in [-0.3, -0.25) is 4.79 Å². The fraction of sp³-hybridized carbons (Fsp3) is 0.500. The monoisotopic (exact) mass is 269 g/mol. The zero-order valence-electron chi connectivity index (χ0n) is 10.1. The molecular formula is C12H16ClN3O2. The number of hydrogen-bond donors (Lipinski definition) is 2. The molecule has 5 nitrogen and oxygen atoms in total. The van der Waals surface area contributed by atoms with Crippen molar-refractivity contribution in [3.8, 4) is 0 Å². The van der Waals surface area contributed by atoms with Crippen molar-refractivity contribution in [2.24, 2.45) is 0 Å². The van der Waals surface area contributed by atoms with Gasteiger partial charge in [0.15, 0.2) is 0 Å². The number of hydrogen-bond acceptors (Lipinski definition) is 4. The number of nitrogen functional groups attached to an aromatic ring is 1. The largest absolute Gasteiger partial charge is 0.397 e. The molecule has 2 unspecified atom stereocenters. The lowest BCUT2D eigenvalue weighted by Crippen LogP contribution is -2.41. The SMILES string of the molecule is CC(NC(=O)c1cc(Cl)ncc1N)C1CCCO1. The van der Waals surface area contributed by atoms with E-state index in [-0.39, 0.29) is 23.2 Å². The standard InChI is InChI=1S/C12H16ClN3O2/c1-7(10-3-2-4-18-10)16-12(17)8-5-11(13)15-6-9(8)14/h5-7,10H,2-4,14H2,1H3,(H,16,17). The predicted molar refractivity (Wildman–Crippen MR) is 69.6 cm³/mol. The second kappa shape index (κ2) is 5.54. The molecule has 1 aliphatic rings. The minimum Gasteiger partial charge on any atom is -0.397 e. The lowest BCUT2D eigenvalue weighted by atomic mass is 10.1. The van der Waals surface area contributed by atoms with Gasteiger partial charge in [-0.2, -0.15) is 0 Å². The molecule has 0 spiro atoms. The summed E-state index contributed by atoms with van der Waals surface area (Å²) in [6.07, 6.45) is 3.46. The Kier molecular flexibility index (Phi) is 4.04. The van der Waals surface area contributed by atoms with Gasteiger partial charge < -0.3 is 15.8 Å². The van der Waals surface area contributed by atoms with E-state index in [1.165, 1.54) is 12.3 Å². The summed E-state index contributed by atoms with van der Waals surface area (Å²) in [6.45, 7) is 2.68. The van der Waals surface area contributed by atoms with Gasteiger partial charge in [0.1, 0.15) is 5.15 Å². The van der Waals surface area contributed by atoms with Gasteiger partial charge in [-0.1, -0.05) is 11.6 Å². The third-order valence-electron chi connectivity index (χ3n) is 3.03. The predicted octanol–water partition coefficient (Wildman–Crippen LogP) is 1.61. The highest BCUT2D eigenvalue weighted by molar-refractivity contribution is 6.29. The van der Waals surface area contributed by atoms with E-state index in [0.717, 1.165) is 19.4 Å². The number of nitrogens with two attached hydrogens (primary N) is 1. The fourth-order valence-corrected chi connectivity index (χ4v) is 2.17. The first-order valence-corrected chi connectivity index (χ1v) is 6.29. The number of halogens is 1. The quantitative estimate of drug-likeness (QED) is 0.818. The van der Waals surface area contributed by atoms with Crippen LogP contribution in [0.4, 0.5) is 5.69 Å². The Labute approximate surface area is 111 Å². The Morgan fingerprint density at radius 3 is 3.17 bits per heavy atom. The van der Waals surface area contributed by atoms with E-state index >= 15 is 0 Å². The van der Waals surface area contributed by atoms with Crippen molar-refractivity contribution in [1.29, 1.82) is 0 Å². The Bertz CT molecular complexity index is 447. The summed E-state index contributed by atoms with van der Waals surface area (Å²) in [5.74, 6) is -0.250. The van der Waals surface area contributed by atoms with Crippen molar-refractivity contribution in [2.45, 2.75) is 31.9 Å². The molecule has 0 bridgehead atoms. The average molecular weight is 270 g/mol. The summed E-state index contributed by atoms with van der Waals surface area (Å²) in [5.41, 5.74) is 6.37. The highest BCUT2D eigenvalue weighted by atomic mass is 35.5. The van der Waals surface area contributed by atoms with Gasteiger partial charge in [0.05, 0.1) is 29.6 Å². The normalized spacial score (nSPS) is 20.7. The van der Waals surface area contributed by atoms with E-state index in [4.69, 9.17) is 22.1 Å². The molecule has 6 heteroatoms. The summed E-state index contributed by atoms with van der Waals surface area (Å²) in [6, 6.07) is 1.42. The van der Waals surface area contributed by atoms with Gasteiger partial charge in [0.25, 0.3) is 5.91 Å². The molecule has 0 aliphatic carbocycles. The highest BCUT2D eigenvalue weighted by Gasteiger charge is 2.24. The molecule has 1 fully saturated rings. The van der Waals surface area contributed by atoms with Crippen molar-refractivity contribution in [3.63, 3.8) is 0 Å². The molecular weight excluding hydrogens is 254 g/mol. The lowest BCUT2D eigenvalue weighted by molar-refractivity contribution is 0.0713. The first-order chi connectivity index (χ1) is 8.58. The molecule has 0 saturated carbocycles. The second-order valence-corrected chi connectivity index (χ2v) is 4.80. The number of amides is 1. The van der Waals surface area contributed by atoms with Crippen LogP contribution < -0.4 is 11.1 Å². The van der Waals surface area contributed by atoms with Gasteiger partial charge >= 0.3 is 0 Å². The van der Waals surface area contributed by atoms with E-state index in [1.54, 1.807) is 0 Å². The van der Waals surface area contributed by atoms with E-state index in [1.807, 2.05) is 6.92 Å². The molecule has 0 radical (unpaired) electrons. The molecule has 2 rings (SSSR count). The van der Waals surface area contributed by atoms with E-state index in [2.05, 4.69) is 10.3 Å². The topological polar surface area (TPSA) is 77.2 Å². The molecule has 1 aliphatic heterocycles. The zero-order valence-corrected chi connectivity index (χ0v) is 10.9. The summed E-state index contributed by atoms with van der Waals surface area (Å²) >= 11 is 5.75. The number of nitrogens with zero attached hydrogens (tertiary/aromatic N) is 1. The second-order valence-electron chi connectivity index (χ2n) is 4.41. The zero-order chi connectivity index (χ0) is 13.1. The van der Waals surface area contributed by atoms with Crippen LogP contribution in [0.1, 0.15) is 30.1 Å². The number of aromatic nitrogens is 1. The summed E-state index contributed by atoms with van der Waals surface area (Å²) in [5, 5.41) is 3.12. The van der Waals surface area contributed by atoms with Crippen LogP contribution in [-0.4, -0.2) is 29.6 Å². The summed E-state index contributed by atoms with van der Waals surface area (Å²) < 4.78 is 5.52. The van der Waals surface area contributed by atoms with Gasteiger partial charge in [-0.05, 0) is 25.8 Å². The van der Waals surface area contributed by atoms with Gasteiger partial charge in [-0.15, -0.1) is 0 Å². The minimum absolute atomic E-state index is 0.0497. The maximum Gasteiger partial charge on any atom is 0.253 e. The third kappa shape index (κ3) is 2.91. The number of ether oxygens (including phenoxy) is 1. The highest BCUT2D eigenvalue weighted by Crippen LogP contribution is 2.18. The number of anilines is 1. The fourth-order valence-electron chi connectivity index (χ4n) is 2.01. The average Bonchev–Trinajstić information content (AvgIpc) is 2.85. The molecule has 3 N–H and O–H groups in total. The first kappa shape index (κ1) is 13.1. The van der Waals surface area contributed by atoms with Crippen LogP contribution in [0, 0.1) is 0 Å². The molecule has 98 valence electrons. The molecule has 1 aromatic heterocycles. The number of pyridine rings is 1. The number of nitrogens with one attached hydrogen (secondary N) is 1.